The SMILES string of the molecule is CO[C@H]1C[C@@H]2CC[C@@H](C)[C@@](O)(O2)C(=O)C(=O)N2CCCC[C@H]2C(=O)O[C@H]([C@H](C)C[C@@H]2CC[C@@H](O)[C@H](OC)C2)CC(=O)C(CO)/C=C(\C)[C@@H](O)[C@@H](OC)C(=O)C(C)C[C@H](C)/C=C/C=C/C=C/1C. The minimum Gasteiger partial charge on any atom is -0.460 e. The average Bonchev–Trinajstić information content (AvgIpc) is 3.30. The Hall–Kier alpha value is -3.41. The number of amides is 1. The molecule has 66 heavy (non-hydrogen) atoms. The van der Waals surface area contributed by atoms with E-state index in [2.05, 4.69) is 0 Å². The summed E-state index contributed by atoms with van der Waals surface area (Å²) in [6.07, 6.45) is 10.0. The van der Waals surface area contributed by atoms with Gasteiger partial charge in [-0.05, 0) is 107 Å². The van der Waals surface area contributed by atoms with Crippen LogP contribution in [0, 0.1) is 35.5 Å². The molecule has 2 unspecified atom stereocenters. The van der Waals surface area contributed by atoms with Gasteiger partial charge < -0.3 is 49.0 Å². The van der Waals surface area contributed by atoms with Crippen molar-refractivity contribution in [1.29, 1.82) is 0 Å². The third kappa shape index (κ3) is 14.3. The number of aliphatic hydroxyl groups excluding tert-OH is 3. The molecule has 0 spiro atoms. The van der Waals surface area contributed by atoms with Crippen molar-refractivity contribution in [2.24, 2.45) is 35.5 Å². The van der Waals surface area contributed by atoms with Crippen LogP contribution in [-0.2, 0) is 47.7 Å². The molecule has 0 radical (unpaired) electrons. The molecule has 0 aromatic heterocycles. The van der Waals surface area contributed by atoms with Crippen LogP contribution in [0.5, 0.6) is 0 Å². The zero-order valence-corrected chi connectivity index (χ0v) is 40.8. The molecule has 15 heteroatoms. The summed E-state index contributed by atoms with van der Waals surface area (Å²) in [4.78, 5) is 71.9. The zero-order valence-electron chi connectivity index (χ0n) is 40.8. The monoisotopic (exact) mass is 930 g/mol. The van der Waals surface area contributed by atoms with Crippen LogP contribution in [0.3, 0.4) is 0 Å². The van der Waals surface area contributed by atoms with Gasteiger partial charge in [0, 0.05) is 52.6 Å². The lowest BCUT2D eigenvalue weighted by molar-refractivity contribution is -0.265. The number of cyclic esters (lactones) is 1. The number of aliphatic hydroxyl groups is 4. The number of hydrogen-bond acceptors (Lipinski definition) is 14. The lowest BCUT2D eigenvalue weighted by atomic mass is 9.78. The Morgan fingerprint density at radius 1 is 0.864 bits per heavy atom. The van der Waals surface area contributed by atoms with Gasteiger partial charge in [0.05, 0.1) is 36.9 Å². The van der Waals surface area contributed by atoms with E-state index >= 15 is 0 Å². The number of ether oxygens (including phenoxy) is 5. The number of rotatable bonds is 7. The molecule has 15 nitrogen and oxygen atoms in total. The molecule has 372 valence electrons. The maximum atomic E-state index is 14.4. The lowest BCUT2D eigenvalue weighted by Gasteiger charge is -2.42. The van der Waals surface area contributed by atoms with Crippen LogP contribution < -0.4 is 0 Å². The number of esters is 1. The quantitative estimate of drug-likeness (QED) is 0.148. The maximum Gasteiger partial charge on any atom is 0.329 e. The smallest absolute Gasteiger partial charge is 0.329 e. The number of nitrogens with zero attached hydrogens (tertiary/aromatic N) is 1. The molecule has 1 amide bonds. The summed E-state index contributed by atoms with van der Waals surface area (Å²) in [6.45, 7) is 10.2. The van der Waals surface area contributed by atoms with Crippen LogP contribution in [0.1, 0.15) is 119 Å². The van der Waals surface area contributed by atoms with Crippen LogP contribution in [0.4, 0.5) is 0 Å². The summed E-state index contributed by atoms with van der Waals surface area (Å²) in [5.74, 6) is -9.00. The number of carbonyl (C=O) groups excluding carboxylic acids is 5. The van der Waals surface area contributed by atoms with E-state index in [9.17, 15) is 44.4 Å². The molecule has 4 aliphatic rings. The molecule has 4 N–H and O–H groups in total. The molecule has 2 bridgehead atoms. The first kappa shape index (κ1) is 55.2. The highest BCUT2D eigenvalue weighted by atomic mass is 16.6. The summed E-state index contributed by atoms with van der Waals surface area (Å²) in [6, 6.07) is -1.19. The third-order valence-electron chi connectivity index (χ3n) is 14.5. The molecule has 15 atom stereocenters. The third-order valence-corrected chi connectivity index (χ3v) is 14.5. The predicted molar refractivity (Wildman–Crippen MR) is 247 cm³/mol. The van der Waals surface area contributed by atoms with Gasteiger partial charge in [0.15, 0.2) is 5.78 Å². The number of allylic oxidation sites excluding steroid dienone is 5. The van der Waals surface area contributed by atoms with Crippen LogP contribution >= 0.6 is 0 Å². The Morgan fingerprint density at radius 3 is 2.26 bits per heavy atom. The fourth-order valence-electron chi connectivity index (χ4n) is 10.2. The summed E-state index contributed by atoms with van der Waals surface area (Å²) in [5, 5.41) is 44.4. The molecular weight excluding hydrogens is 851 g/mol. The predicted octanol–water partition coefficient (Wildman–Crippen LogP) is 5.15. The summed E-state index contributed by atoms with van der Waals surface area (Å²) < 4.78 is 29.3. The van der Waals surface area contributed by atoms with Gasteiger partial charge in [-0.3, -0.25) is 19.2 Å². The fourth-order valence-corrected chi connectivity index (χ4v) is 10.2. The Morgan fingerprint density at radius 2 is 1.59 bits per heavy atom. The molecule has 0 aromatic carbocycles. The van der Waals surface area contributed by atoms with Crippen molar-refractivity contribution in [3.8, 4) is 0 Å². The standard InChI is InChI=1S/C51H79NO14/c1-30-15-11-10-12-16-31(2)42(62-7)27-38-20-18-35(6)51(61,66-38)48(58)49(59)52-22-14-13-17-39(52)50(60)65-43(32(3)24-36-19-21-40(54)44(26-36)63-8)28-41(55)37(29-53)25-34(5)46(57)47(64-9)45(56)33(4)23-30/h10-12,15-16,25,30,32-33,35-40,42-44,46-47,53-54,57,61H,13-14,17-24,26-29H2,1-9H3/b12-10+,15-11+,31-16+,34-25+/t30-,32-,33?,35-,36+,37?,38+,39+,40-,42+,43+,44-,46-,47+,51-/m1/s1. The number of hydrogen-bond donors (Lipinski definition) is 4. The summed E-state index contributed by atoms with van der Waals surface area (Å²) >= 11 is 0. The largest absolute Gasteiger partial charge is 0.460 e. The highest BCUT2D eigenvalue weighted by Gasteiger charge is 2.53. The van der Waals surface area contributed by atoms with Crippen LogP contribution in [0.25, 0.3) is 0 Å². The molecule has 2 saturated heterocycles. The van der Waals surface area contributed by atoms with E-state index < -0.39 is 102 Å². The first-order valence-corrected chi connectivity index (χ1v) is 24.1. The van der Waals surface area contributed by atoms with Crippen LogP contribution in [-0.4, -0.2) is 144 Å². The van der Waals surface area contributed by atoms with Crippen molar-refractivity contribution < 1.29 is 68.1 Å². The second kappa shape index (κ2) is 25.8. The van der Waals surface area contributed by atoms with Crippen molar-refractivity contribution in [2.75, 3.05) is 34.5 Å². The molecule has 4 rings (SSSR count). The molecule has 3 heterocycles. The van der Waals surface area contributed by atoms with Crippen LogP contribution in [0.15, 0.2) is 47.6 Å². The number of piperidine rings is 1. The number of fused-ring (bicyclic) bond motifs is 3. The number of Topliss-reactive ketones (excluding diaryl/α,β-unsaturated/α-hetero) is 3. The average molecular weight is 930 g/mol. The van der Waals surface area contributed by atoms with E-state index in [0.717, 1.165) is 10.5 Å². The first-order valence-electron chi connectivity index (χ1n) is 24.1. The maximum absolute atomic E-state index is 14.4. The second-order valence-corrected chi connectivity index (χ2v) is 19.6. The molecule has 0 aromatic rings. The van der Waals surface area contributed by atoms with E-state index in [1.54, 1.807) is 35.0 Å². The van der Waals surface area contributed by atoms with Crippen molar-refractivity contribution in [3.05, 3.63) is 47.6 Å². The van der Waals surface area contributed by atoms with Crippen LogP contribution in [0.2, 0.25) is 0 Å². The Balaban J connectivity index is 1.72. The summed E-state index contributed by atoms with van der Waals surface area (Å²) in [5.41, 5.74) is 1.11. The van der Waals surface area contributed by atoms with E-state index in [1.165, 1.54) is 13.2 Å². The molecule has 1 aliphatic carbocycles. The molecule has 1 saturated carbocycles. The molecule has 3 aliphatic heterocycles. The van der Waals surface area contributed by atoms with Gasteiger partial charge in [-0.25, -0.2) is 4.79 Å². The highest BCUT2D eigenvalue weighted by Crippen LogP contribution is 2.38. The van der Waals surface area contributed by atoms with Gasteiger partial charge in [0.2, 0.25) is 5.79 Å². The fraction of sp³-hybridized carbons (Fsp3) is 0.745. The van der Waals surface area contributed by atoms with E-state index in [-0.39, 0.29) is 48.7 Å². The first-order chi connectivity index (χ1) is 31.3. The Labute approximate surface area is 392 Å². The highest BCUT2D eigenvalue weighted by molar-refractivity contribution is 6.39. The molecule has 3 fully saturated rings. The van der Waals surface area contributed by atoms with Gasteiger partial charge >= 0.3 is 5.97 Å². The van der Waals surface area contributed by atoms with Gasteiger partial charge in [0.25, 0.3) is 11.7 Å². The minimum absolute atomic E-state index is 0.0143. The van der Waals surface area contributed by atoms with Gasteiger partial charge in [-0.2, -0.15) is 0 Å². The summed E-state index contributed by atoms with van der Waals surface area (Å²) in [7, 11) is 4.45. The van der Waals surface area contributed by atoms with Crippen molar-refractivity contribution in [2.45, 2.75) is 173 Å². The number of methoxy groups -OCH3 is 3. The molecular formula is C51H79NO14. The zero-order chi connectivity index (χ0) is 48.9. The van der Waals surface area contributed by atoms with E-state index in [1.807, 2.05) is 51.2 Å². The Bertz CT molecular complexity index is 1770. The normalized spacial score (nSPS) is 40.0. The lowest BCUT2D eigenvalue weighted by Crippen LogP contribution is -2.61. The number of ketones is 3. The van der Waals surface area contributed by atoms with Crippen molar-refractivity contribution in [3.63, 3.8) is 0 Å². The van der Waals surface area contributed by atoms with E-state index in [0.29, 0.717) is 64.2 Å². The minimum atomic E-state index is -2.45. The van der Waals surface area contributed by atoms with E-state index in [4.69, 9.17) is 23.7 Å². The topological polar surface area (TPSA) is 216 Å². The number of carbonyl (C=O) groups is 5. The second-order valence-electron chi connectivity index (χ2n) is 19.6. The van der Waals surface area contributed by atoms with Gasteiger partial charge in [0.1, 0.15) is 30.1 Å². The van der Waals surface area contributed by atoms with Gasteiger partial charge in [-0.15, -0.1) is 0 Å². The van der Waals surface area contributed by atoms with Crippen molar-refractivity contribution in [1.82, 2.24) is 4.90 Å². The Kier molecular flexibility index (Phi) is 21.6. The van der Waals surface area contributed by atoms with Crippen molar-refractivity contribution >= 4 is 29.2 Å². The van der Waals surface area contributed by atoms with Gasteiger partial charge in [-0.1, -0.05) is 64.2 Å².